The minimum Gasteiger partial charge on any atom is -0.367 e. The monoisotopic (exact) mass is 300 g/mol. The van der Waals surface area contributed by atoms with Crippen LogP contribution in [0.5, 0.6) is 0 Å². The number of anilines is 2. The zero-order valence-electron chi connectivity index (χ0n) is 12.6. The van der Waals surface area contributed by atoms with Crippen molar-refractivity contribution < 1.29 is 0 Å². The van der Waals surface area contributed by atoms with E-state index in [2.05, 4.69) is 30.4 Å². The molecule has 22 heavy (non-hydrogen) atoms. The quantitative estimate of drug-likeness (QED) is 0.886. The predicted molar refractivity (Wildman–Crippen MR) is 85.1 cm³/mol. The number of nitrogens with one attached hydrogen (secondary N) is 2. The first kappa shape index (κ1) is 14.5. The predicted octanol–water partition coefficient (Wildman–Crippen LogP) is 1.34. The first-order valence-corrected chi connectivity index (χ1v) is 7.57. The number of H-pyrrole nitrogens is 1. The van der Waals surface area contributed by atoms with Crippen LogP contribution < -0.4 is 15.8 Å². The van der Waals surface area contributed by atoms with Gasteiger partial charge in [0.15, 0.2) is 0 Å². The highest BCUT2D eigenvalue weighted by atomic mass is 16.1. The standard InChI is InChI=1S/C15H20N6O/c1-11-8-16-10-13(18-11)17-9-12-4-2-3-7-21(12)14-5-6-15(22)20-19-14/h5-6,8,10,12H,2-4,7,9H2,1H3,(H,17,18)(H,20,22). The number of nitrogens with zero attached hydrogens (tertiary/aromatic N) is 4. The molecule has 0 aliphatic carbocycles. The van der Waals surface area contributed by atoms with Gasteiger partial charge in [0.05, 0.1) is 11.9 Å². The number of aromatic amines is 1. The number of hydrogen-bond donors (Lipinski definition) is 2. The summed E-state index contributed by atoms with van der Waals surface area (Å²) in [4.78, 5) is 22.0. The normalized spacial score (nSPS) is 18.2. The highest BCUT2D eigenvalue weighted by Crippen LogP contribution is 2.22. The molecule has 3 heterocycles. The number of aryl methyl sites for hydroxylation is 1. The van der Waals surface area contributed by atoms with Crippen molar-refractivity contribution in [3.63, 3.8) is 0 Å². The highest BCUT2D eigenvalue weighted by Gasteiger charge is 2.23. The summed E-state index contributed by atoms with van der Waals surface area (Å²) in [6, 6.07) is 3.63. The summed E-state index contributed by atoms with van der Waals surface area (Å²) in [5.41, 5.74) is 0.721. The topological polar surface area (TPSA) is 86.8 Å². The summed E-state index contributed by atoms with van der Waals surface area (Å²) >= 11 is 0. The second kappa shape index (κ2) is 6.55. The van der Waals surface area contributed by atoms with Crippen LogP contribution in [0.2, 0.25) is 0 Å². The molecule has 1 aliphatic heterocycles. The fourth-order valence-corrected chi connectivity index (χ4v) is 2.78. The summed E-state index contributed by atoms with van der Waals surface area (Å²) in [5, 5.41) is 10.0. The molecule has 3 rings (SSSR count). The van der Waals surface area contributed by atoms with Gasteiger partial charge in [-0.3, -0.25) is 9.78 Å². The molecule has 0 radical (unpaired) electrons. The van der Waals surface area contributed by atoms with E-state index in [0.717, 1.165) is 43.3 Å². The van der Waals surface area contributed by atoms with Crippen LogP contribution in [0, 0.1) is 6.92 Å². The van der Waals surface area contributed by atoms with E-state index in [4.69, 9.17) is 0 Å². The van der Waals surface area contributed by atoms with Gasteiger partial charge >= 0.3 is 0 Å². The Bertz CT molecular complexity index is 665. The van der Waals surface area contributed by atoms with Gasteiger partial charge in [-0.1, -0.05) is 0 Å². The minimum atomic E-state index is -0.175. The van der Waals surface area contributed by atoms with Crippen molar-refractivity contribution >= 4 is 11.6 Å². The lowest BCUT2D eigenvalue weighted by Gasteiger charge is -2.36. The fraction of sp³-hybridized carbons (Fsp3) is 0.467. The molecule has 1 unspecified atom stereocenters. The maximum atomic E-state index is 11.2. The van der Waals surface area contributed by atoms with Crippen molar-refractivity contribution in [2.45, 2.75) is 32.2 Å². The van der Waals surface area contributed by atoms with E-state index in [9.17, 15) is 4.79 Å². The van der Waals surface area contributed by atoms with Crippen LogP contribution in [0.3, 0.4) is 0 Å². The molecular weight excluding hydrogens is 280 g/mol. The van der Waals surface area contributed by atoms with Gasteiger partial charge in [0, 0.05) is 31.4 Å². The fourth-order valence-electron chi connectivity index (χ4n) is 2.78. The van der Waals surface area contributed by atoms with Gasteiger partial charge in [0.1, 0.15) is 11.6 Å². The Hall–Kier alpha value is -2.44. The molecule has 0 bridgehead atoms. The molecule has 1 atom stereocenters. The lowest BCUT2D eigenvalue weighted by atomic mass is 10.0. The van der Waals surface area contributed by atoms with Gasteiger partial charge in [-0.2, -0.15) is 5.10 Å². The van der Waals surface area contributed by atoms with E-state index in [1.807, 2.05) is 6.92 Å². The van der Waals surface area contributed by atoms with Crippen molar-refractivity contribution in [2.24, 2.45) is 0 Å². The van der Waals surface area contributed by atoms with E-state index >= 15 is 0 Å². The highest BCUT2D eigenvalue weighted by molar-refractivity contribution is 5.40. The molecule has 2 N–H and O–H groups in total. The van der Waals surface area contributed by atoms with Crippen LogP contribution in [0.15, 0.2) is 29.3 Å². The smallest absolute Gasteiger partial charge is 0.264 e. The number of hydrogen-bond acceptors (Lipinski definition) is 6. The lowest BCUT2D eigenvalue weighted by molar-refractivity contribution is 0.467. The van der Waals surface area contributed by atoms with Crippen molar-refractivity contribution in [1.29, 1.82) is 0 Å². The Morgan fingerprint density at radius 2 is 2.27 bits per heavy atom. The van der Waals surface area contributed by atoms with Crippen molar-refractivity contribution in [3.8, 4) is 0 Å². The Balaban J connectivity index is 1.70. The van der Waals surface area contributed by atoms with Crippen LogP contribution in [0.1, 0.15) is 25.0 Å². The SMILES string of the molecule is Cc1cncc(NCC2CCCCN2c2ccc(=O)[nH]n2)n1. The molecular formula is C15H20N6O. The Kier molecular flexibility index (Phi) is 4.32. The second-order valence-corrected chi connectivity index (χ2v) is 5.55. The maximum absolute atomic E-state index is 11.2. The number of piperidine rings is 1. The van der Waals surface area contributed by atoms with Crippen LogP contribution in [-0.4, -0.2) is 39.3 Å². The summed E-state index contributed by atoms with van der Waals surface area (Å²) in [6.45, 7) is 3.65. The first-order valence-electron chi connectivity index (χ1n) is 7.57. The average molecular weight is 300 g/mol. The molecule has 116 valence electrons. The van der Waals surface area contributed by atoms with E-state index in [0.29, 0.717) is 6.04 Å². The van der Waals surface area contributed by atoms with E-state index in [-0.39, 0.29) is 5.56 Å². The van der Waals surface area contributed by atoms with Crippen LogP contribution in [0.25, 0.3) is 0 Å². The second-order valence-electron chi connectivity index (χ2n) is 5.55. The average Bonchev–Trinajstić information content (AvgIpc) is 2.54. The summed E-state index contributed by atoms with van der Waals surface area (Å²) in [6.07, 6.45) is 6.90. The van der Waals surface area contributed by atoms with Crippen LogP contribution in [-0.2, 0) is 0 Å². The van der Waals surface area contributed by atoms with E-state index in [1.54, 1.807) is 18.5 Å². The largest absolute Gasteiger partial charge is 0.367 e. The van der Waals surface area contributed by atoms with Crippen molar-refractivity contribution in [3.05, 3.63) is 40.6 Å². The van der Waals surface area contributed by atoms with Crippen molar-refractivity contribution in [2.75, 3.05) is 23.3 Å². The molecule has 0 aromatic carbocycles. The molecule has 1 aliphatic rings. The zero-order chi connectivity index (χ0) is 15.4. The molecule has 0 amide bonds. The van der Waals surface area contributed by atoms with Crippen LogP contribution >= 0.6 is 0 Å². The molecule has 0 spiro atoms. The molecule has 7 nitrogen and oxygen atoms in total. The van der Waals surface area contributed by atoms with Gasteiger partial charge in [0.2, 0.25) is 0 Å². The summed E-state index contributed by atoms with van der Waals surface area (Å²) in [5.74, 6) is 1.61. The van der Waals surface area contributed by atoms with Crippen LogP contribution in [0.4, 0.5) is 11.6 Å². The maximum Gasteiger partial charge on any atom is 0.264 e. The Morgan fingerprint density at radius 1 is 1.36 bits per heavy atom. The van der Waals surface area contributed by atoms with Gasteiger partial charge in [-0.25, -0.2) is 10.1 Å². The number of rotatable bonds is 4. The minimum absolute atomic E-state index is 0.175. The van der Waals surface area contributed by atoms with Crippen molar-refractivity contribution in [1.82, 2.24) is 20.2 Å². The summed E-state index contributed by atoms with van der Waals surface area (Å²) in [7, 11) is 0. The third-order valence-electron chi connectivity index (χ3n) is 3.86. The van der Waals surface area contributed by atoms with Gasteiger partial charge in [-0.15, -0.1) is 0 Å². The molecule has 7 heteroatoms. The third-order valence-corrected chi connectivity index (χ3v) is 3.86. The van der Waals surface area contributed by atoms with E-state index in [1.165, 1.54) is 12.5 Å². The molecule has 1 saturated heterocycles. The molecule has 1 fully saturated rings. The molecule has 0 saturated carbocycles. The third kappa shape index (κ3) is 3.41. The van der Waals surface area contributed by atoms with Gasteiger partial charge in [0.25, 0.3) is 5.56 Å². The van der Waals surface area contributed by atoms with Gasteiger partial charge in [-0.05, 0) is 32.3 Å². The van der Waals surface area contributed by atoms with Gasteiger partial charge < -0.3 is 10.2 Å². The Morgan fingerprint density at radius 3 is 3.05 bits per heavy atom. The Labute approximate surface area is 128 Å². The lowest BCUT2D eigenvalue weighted by Crippen LogP contribution is -2.44. The zero-order valence-corrected chi connectivity index (χ0v) is 12.6. The molecule has 2 aromatic heterocycles. The van der Waals surface area contributed by atoms with E-state index < -0.39 is 0 Å². The first-order chi connectivity index (χ1) is 10.7. The summed E-state index contributed by atoms with van der Waals surface area (Å²) < 4.78 is 0. The molecule has 2 aromatic rings. The number of aromatic nitrogens is 4.